The van der Waals surface area contributed by atoms with E-state index in [1.165, 1.54) is 25.4 Å². The van der Waals surface area contributed by atoms with Gasteiger partial charge in [0.1, 0.15) is 22.4 Å². The van der Waals surface area contributed by atoms with E-state index in [0.717, 1.165) is 34.9 Å². The van der Waals surface area contributed by atoms with E-state index in [-0.39, 0.29) is 21.5 Å². The molecule has 0 aliphatic carbocycles. The highest BCUT2D eigenvalue weighted by Gasteiger charge is 2.58. The van der Waals surface area contributed by atoms with Crippen LogP contribution >= 0.6 is 22.7 Å². The second kappa shape index (κ2) is 10.2. The molecule has 3 aromatic heterocycles. The second-order valence-electron chi connectivity index (χ2n) is 8.35. The zero-order chi connectivity index (χ0) is 28.7. The molecule has 20 heteroatoms. The molecule has 4 heterocycles. The van der Waals surface area contributed by atoms with E-state index in [0.29, 0.717) is 9.79 Å². The lowest BCUT2D eigenvalue weighted by Crippen LogP contribution is -2.76. The number of aromatic hydroxyl groups is 1. The Kier molecular flexibility index (Phi) is 7.32. The van der Waals surface area contributed by atoms with Gasteiger partial charge in [-0.25, -0.2) is 9.97 Å². The van der Waals surface area contributed by atoms with Crippen molar-refractivity contribution in [2.45, 2.75) is 31.5 Å². The summed E-state index contributed by atoms with van der Waals surface area (Å²) in [5.74, 6) is -2.72. The number of pyridine rings is 1. The molecule has 0 aromatic carbocycles. The minimum absolute atomic E-state index is 0.0596. The number of anilines is 1. The van der Waals surface area contributed by atoms with Gasteiger partial charge in [0, 0.05) is 23.0 Å². The van der Waals surface area contributed by atoms with Gasteiger partial charge in [0.05, 0.1) is 11.7 Å². The van der Waals surface area contributed by atoms with Crippen LogP contribution in [-0.2, 0) is 29.1 Å². The number of nitrogens with two attached hydrogens (primary N) is 1. The van der Waals surface area contributed by atoms with Crippen molar-refractivity contribution in [3.8, 4) is 5.75 Å². The number of hydrogen-bond donors (Lipinski definition) is 5. The number of oxime groups is 1. The Hall–Kier alpha value is -4.11. The fourth-order valence-electron chi connectivity index (χ4n) is 3.44. The highest BCUT2D eigenvalue weighted by Crippen LogP contribution is 2.33. The first kappa shape index (κ1) is 27.9. The first-order valence-corrected chi connectivity index (χ1v) is 13.6. The molecule has 1 unspecified atom stereocenters. The third-order valence-corrected chi connectivity index (χ3v) is 7.17. The Morgan fingerprint density at radius 1 is 1.33 bits per heavy atom. The summed E-state index contributed by atoms with van der Waals surface area (Å²) in [6.45, 7) is 2.73. The van der Waals surface area contributed by atoms with Crippen LogP contribution in [-0.4, -0.2) is 72.2 Å². The van der Waals surface area contributed by atoms with Crippen LogP contribution < -0.4 is 16.5 Å². The number of nitrogen functional groups attached to an aromatic ring is 1. The predicted molar refractivity (Wildman–Crippen MR) is 133 cm³/mol. The van der Waals surface area contributed by atoms with E-state index in [2.05, 4.69) is 24.7 Å². The van der Waals surface area contributed by atoms with E-state index in [4.69, 9.17) is 15.1 Å². The number of carbonyl (C=O) groups is 2. The Labute approximate surface area is 226 Å². The SMILES string of the molecule is CC1(C)[C@H](NC(=O)/C(=N\OC(c2nccs2)c2cc(=O)c(O)cn2O)c2csc(N)n2)C(=O)N1OS(=O)(=O)O. The standard InChI is InChI=1S/C19H19N7O10S3/c1-19(2)14(17(30)26(19)36-39(32,33)34)23-15(29)12(8-7-38-18(20)22-8)24-35-13(16-21-3-4-37-16)9-5-10(27)11(28)6-25(9)31/h3-7,13-14,28,31H,1-2H3,(H2,20,22)(H,23,29)(H,32,33,34)/b24-12-/t13?,14-/m1/s1. The van der Waals surface area contributed by atoms with Crippen molar-refractivity contribution < 1.29 is 42.0 Å². The van der Waals surface area contributed by atoms with E-state index in [1.807, 2.05) is 0 Å². The first-order valence-electron chi connectivity index (χ1n) is 10.5. The Balaban J connectivity index is 1.67. The van der Waals surface area contributed by atoms with Gasteiger partial charge >= 0.3 is 10.4 Å². The minimum atomic E-state index is -5.01. The third-order valence-electron chi connectivity index (χ3n) is 5.34. The van der Waals surface area contributed by atoms with E-state index >= 15 is 0 Å². The average Bonchev–Trinajstić information content (AvgIpc) is 3.53. The molecule has 4 rings (SSSR count). The number of nitrogens with one attached hydrogen (secondary N) is 1. The summed E-state index contributed by atoms with van der Waals surface area (Å²) >= 11 is 2.04. The number of β-lactam (4-membered cyclic amide) rings is 1. The molecule has 1 saturated heterocycles. The fourth-order valence-corrected chi connectivity index (χ4v) is 5.11. The number of hydroxylamine groups is 2. The van der Waals surface area contributed by atoms with Crippen LogP contribution in [0.3, 0.4) is 0 Å². The highest BCUT2D eigenvalue weighted by atomic mass is 32.3. The maximum Gasteiger partial charge on any atom is 0.418 e. The Morgan fingerprint density at radius 3 is 2.62 bits per heavy atom. The normalized spacial score (nSPS) is 17.9. The lowest BCUT2D eigenvalue weighted by atomic mass is 9.84. The first-order chi connectivity index (χ1) is 18.2. The molecule has 3 aromatic rings. The summed E-state index contributed by atoms with van der Waals surface area (Å²) in [6, 6.07) is -0.431. The number of thiazole rings is 2. The molecule has 1 aliphatic heterocycles. The molecule has 17 nitrogen and oxygen atoms in total. The zero-order valence-corrected chi connectivity index (χ0v) is 22.2. The molecule has 0 saturated carbocycles. The summed E-state index contributed by atoms with van der Waals surface area (Å²) in [4.78, 5) is 51.4. The predicted octanol–water partition coefficient (Wildman–Crippen LogP) is -0.363. The molecule has 0 spiro atoms. The van der Waals surface area contributed by atoms with Gasteiger partial charge in [-0.15, -0.1) is 27.0 Å². The Bertz CT molecular complexity index is 1610. The molecule has 39 heavy (non-hydrogen) atoms. The summed E-state index contributed by atoms with van der Waals surface area (Å²) < 4.78 is 35.7. The molecular formula is C19H19N7O10S3. The lowest BCUT2D eigenvalue weighted by Gasteiger charge is -2.50. The van der Waals surface area contributed by atoms with E-state index in [1.54, 1.807) is 5.38 Å². The minimum Gasteiger partial charge on any atom is -0.503 e. The average molecular weight is 602 g/mol. The molecule has 2 amide bonds. The van der Waals surface area contributed by atoms with Gasteiger partial charge in [-0.2, -0.15) is 18.2 Å². The van der Waals surface area contributed by atoms with Crippen LogP contribution in [0.4, 0.5) is 5.13 Å². The fraction of sp³-hybridized carbons (Fsp3) is 0.263. The van der Waals surface area contributed by atoms with Crippen molar-refractivity contribution in [3.63, 3.8) is 0 Å². The zero-order valence-electron chi connectivity index (χ0n) is 19.8. The third kappa shape index (κ3) is 5.68. The van der Waals surface area contributed by atoms with Crippen molar-refractivity contribution in [2.24, 2.45) is 5.16 Å². The molecule has 6 N–H and O–H groups in total. The van der Waals surface area contributed by atoms with Crippen LogP contribution in [0.5, 0.6) is 5.75 Å². The smallest absolute Gasteiger partial charge is 0.418 e. The van der Waals surface area contributed by atoms with E-state index < -0.39 is 56.8 Å². The van der Waals surface area contributed by atoms with E-state index in [9.17, 15) is 33.1 Å². The van der Waals surface area contributed by atoms with Crippen molar-refractivity contribution >= 4 is 55.7 Å². The number of aromatic nitrogens is 3. The second-order valence-corrected chi connectivity index (χ2v) is 11.2. The number of hydrogen-bond acceptors (Lipinski definition) is 15. The molecule has 208 valence electrons. The van der Waals surface area contributed by atoms with Gasteiger partial charge < -0.3 is 26.2 Å². The van der Waals surface area contributed by atoms with Crippen LogP contribution in [0, 0.1) is 0 Å². The number of nitrogens with zero attached hydrogens (tertiary/aromatic N) is 5. The Morgan fingerprint density at radius 2 is 2.05 bits per heavy atom. The quantitative estimate of drug-likeness (QED) is 0.0691. The summed E-state index contributed by atoms with van der Waals surface area (Å²) in [5.41, 5.74) is 2.71. The summed E-state index contributed by atoms with van der Waals surface area (Å²) in [7, 11) is -5.01. The highest BCUT2D eigenvalue weighted by molar-refractivity contribution is 7.80. The van der Waals surface area contributed by atoms with Crippen LogP contribution in [0.25, 0.3) is 0 Å². The van der Waals surface area contributed by atoms with Gasteiger partial charge in [-0.1, -0.05) is 5.16 Å². The largest absolute Gasteiger partial charge is 0.503 e. The van der Waals surface area contributed by atoms with Gasteiger partial charge in [0.2, 0.25) is 11.5 Å². The maximum absolute atomic E-state index is 13.3. The summed E-state index contributed by atoms with van der Waals surface area (Å²) in [6.07, 6.45) is 0.812. The molecule has 1 fully saturated rings. The lowest BCUT2D eigenvalue weighted by molar-refractivity contribution is -0.218. The molecule has 2 atom stereocenters. The van der Waals surface area contributed by atoms with Crippen LogP contribution in [0.1, 0.15) is 36.3 Å². The molecular weight excluding hydrogens is 582 g/mol. The van der Waals surface area contributed by atoms with Gasteiger partial charge in [0.15, 0.2) is 16.6 Å². The van der Waals surface area contributed by atoms with Gasteiger partial charge in [-0.3, -0.25) is 18.9 Å². The van der Waals surface area contributed by atoms with Crippen LogP contribution in [0.2, 0.25) is 0 Å². The number of carbonyl (C=O) groups excluding carboxylic acids is 2. The maximum atomic E-state index is 13.3. The van der Waals surface area contributed by atoms with Gasteiger partial charge in [-0.05, 0) is 13.8 Å². The van der Waals surface area contributed by atoms with Gasteiger partial charge in [0.25, 0.3) is 11.8 Å². The monoisotopic (exact) mass is 601 g/mol. The molecule has 0 bridgehead atoms. The van der Waals surface area contributed by atoms with Crippen molar-refractivity contribution in [3.05, 3.63) is 55.8 Å². The number of rotatable bonds is 9. The van der Waals surface area contributed by atoms with Crippen molar-refractivity contribution in [1.29, 1.82) is 0 Å². The van der Waals surface area contributed by atoms with Crippen molar-refractivity contribution in [1.82, 2.24) is 25.1 Å². The molecule has 0 radical (unpaired) electrons. The molecule has 1 aliphatic rings. The van der Waals surface area contributed by atoms with Crippen LogP contribution in [0.15, 0.2) is 39.2 Å². The summed E-state index contributed by atoms with van der Waals surface area (Å²) in [5, 5.41) is 29.7. The topological polar surface area (TPSA) is 249 Å². The van der Waals surface area contributed by atoms with Crippen molar-refractivity contribution in [2.75, 3.05) is 5.73 Å². The number of amides is 2.